The normalized spacial score (nSPS) is 24.7. The predicted molar refractivity (Wildman–Crippen MR) is 59.4 cm³/mol. The molecule has 0 aromatic carbocycles. The molecule has 0 aliphatic carbocycles. The second-order valence-electron chi connectivity index (χ2n) is 5.14. The van der Waals surface area contributed by atoms with Gasteiger partial charge in [0.15, 0.2) is 0 Å². The van der Waals surface area contributed by atoms with Gasteiger partial charge in [-0.05, 0) is 0 Å². The van der Waals surface area contributed by atoms with E-state index in [2.05, 4.69) is 0 Å². The van der Waals surface area contributed by atoms with E-state index in [4.69, 9.17) is 21.1 Å². The van der Waals surface area contributed by atoms with E-state index in [1.807, 2.05) is 13.8 Å². The van der Waals surface area contributed by atoms with Gasteiger partial charge in [-0.1, -0.05) is 0 Å². The molecule has 0 saturated carbocycles. The Balaban J connectivity index is 0.000000557. The number of carbonyl (C=O) groups excluding carboxylic acids is 1. The molecule has 0 radical (unpaired) electrons. The molecule has 8 nitrogen and oxygen atoms in total. The van der Waals surface area contributed by atoms with Crippen LogP contribution in [0.1, 0.15) is 34.1 Å². The number of rotatable bonds is 1. The van der Waals surface area contributed by atoms with E-state index in [0.717, 1.165) is 4.76 Å². The maximum Gasteiger partial charge on any atom is 0.227 e. The Bertz CT molecular complexity index is 347. The van der Waals surface area contributed by atoms with E-state index >= 15 is 0 Å². The molecule has 1 unspecified atom stereocenters. The topological polar surface area (TPSA) is 129 Å². The smallest absolute Gasteiger partial charge is 0.227 e. The fourth-order valence-corrected chi connectivity index (χ4v) is 2.20. The first-order chi connectivity index (χ1) is 7.43. The molecule has 1 heterocycles. The zero-order valence-electron chi connectivity index (χ0n) is 10.3. The maximum absolute atomic E-state index is 11.8. The number of amides is 1. The van der Waals surface area contributed by atoms with Gasteiger partial charge in [-0.3, -0.25) is 4.79 Å². The number of hydrogen-bond donors (Lipinski definition) is 1. The Kier molecular flexibility index (Phi) is 4.17. The number of carbonyl (C=O) groups is 1. The Labute approximate surface area is 98.5 Å². The summed E-state index contributed by atoms with van der Waals surface area (Å²) in [5, 5.41) is 14.8. The molecule has 0 aromatic heterocycles. The molecule has 1 rings (SSSR count). The molecule has 1 fully saturated rings. The van der Waals surface area contributed by atoms with Crippen LogP contribution in [0.15, 0.2) is 0 Å². The second-order valence-corrected chi connectivity index (χ2v) is 5.14. The van der Waals surface area contributed by atoms with Crippen LogP contribution in [0.2, 0.25) is 0 Å². The number of nitrogens with two attached hydrogens (primary N) is 1. The van der Waals surface area contributed by atoms with Gasteiger partial charge in [-0.25, -0.2) is 0 Å². The SMILES string of the molecule is CC1(C)CC(C(N)=O)C(C)(C)[N+]1=O.O=[N+]([O-])[O-]. The summed E-state index contributed by atoms with van der Waals surface area (Å²) >= 11 is 0. The lowest BCUT2D eigenvalue weighted by Gasteiger charge is -2.15. The van der Waals surface area contributed by atoms with Crippen LogP contribution in [0.25, 0.3) is 0 Å². The lowest BCUT2D eigenvalue weighted by molar-refractivity contribution is -0.659. The fraction of sp³-hybridized carbons (Fsp3) is 0.889. The second kappa shape index (κ2) is 4.64. The molecule has 1 saturated heterocycles. The van der Waals surface area contributed by atoms with Crippen LogP contribution in [-0.2, 0) is 4.79 Å². The molecule has 8 heteroatoms. The molecule has 1 atom stereocenters. The molecule has 17 heavy (non-hydrogen) atoms. The van der Waals surface area contributed by atoms with Crippen LogP contribution in [0.5, 0.6) is 0 Å². The van der Waals surface area contributed by atoms with Crippen molar-refractivity contribution >= 4 is 5.91 Å². The summed E-state index contributed by atoms with van der Waals surface area (Å²) in [6.45, 7) is 7.21. The number of nitroso groups, excluding NO2 is 1. The molecule has 98 valence electrons. The van der Waals surface area contributed by atoms with Gasteiger partial charge in [0.25, 0.3) is 0 Å². The molecular formula is C9H17N3O5. The third-order valence-corrected chi connectivity index (χ3v) is 2.97. The van der Waals surface area contributed by atoms with E-state index in [1.165, 1.54) is 0 Å². The minimum absolute atomic E-state index is 0.347. The minimum Gasteiger partial charge on any atom is -0.369 e. The van der Waals surface area contributed by atoms with Gasteiger partial charge in [0.1, 0.15) is 5.92 Å². The van der Waals surface area contributed by atoms with Crippen LogP contribution < -0.4 is 5.73 Å². The summed E-state index contributed by atoms with van der Waals surface area (Å²) in [5.74, 6) is -0.726. The van der Waals surface area contributed by atoms with Gasteiger partial charge in [0.05, 0.1) is 5.09 Å². The molecule has 0 aromatic rings. The summed E-state index contributed by atoms with van der Waals surface area (Å²) in [4.78, 5) is 31.1. The van der Waals surface area contributed by atoms with E-state index < -0.39 is 16.2 Å². The van der Waals surface area contributed by atoms with Crippen molar-refractivity contribution in [1.29, 1.82) is 0 Å². The van der Waals surface area contributed by atoms with Crippen molar-refractivity contribution in [3.8, 4) is 0 Å². The van der Waals surface area contributed by atoms with Gasteiger partial charge in [-0.15, -0.1) is 0 Å². The van der Waals surface area contributed by atoms with Crippen LogP contribution in [0.4, 0.5) is 0 Å². The van der Waals surface area contributed by atoms with Gasteiger partial charge in [0, 0.05) is 43.8 Å². The standard InChI is InChI=1S/C9H16N2O2.NO3/c1-8(2)5-6(7(10)12)9(3,4)11(8)13;2-1(3)4/h6H,5H2,1-4H3,(H-,10,12);/q;-1/p+1. The minimum atomic E-state index is -1.75. The highest BCUT2D eigenvalue weighted by Crippen LogP contribution is 2.40. The highest BCUT2D eigenvalue weighted by atomic mass is 16.9. The summed E-state index contributed by atoms with van der Waals surface area (Å²) in [6.07, 6.45) is 0.541. The fourth-order valence-electron chi connectivity index (χ4n) is 2.20. The Morgan fingerprint density at radius 2 is 1.71 bits per heavy atom. The molecule has 1 aliphatic rings. The Morgan fingerprint density at radius 1 is 1.35 bits per heavy atom. The van der Waals surface area contributed by atoms with Gasteiger partial charge >= 0.3 is 0 Å². The lowest BCUT2D eigenvalue weighted by Crippen LogP contribution is -2.43. The maximum atomic E-state index is 11.8. The largest absolute Gasteiger partial charge is 0.369 e. The molecular weight excluding hydrogens is 230 g/mol. The van der Waals surface area contributed by atoms with Crippen molar-refractivity contribution in [2.45, 2.75) is 45.2 Å². The first-order valence-electron chi connectivity index (χ1n) is 5.01. The average molecular weight is 247 g/mol. The van der Waals surface area contributed by atoms with Crippen LogP contribution >= 0.6 is 0 Å². The van der Waals surface area contributed by atoms with Crippen LogP contribution in [-0.4, -0.2) is 26.8 Å². The van der Waals surface area contributed by atoms with Crippen LogP contribution in [0.3, 0.4) is 0 Å². The molecule has 1 aliphatic heterocycles. The van der Waals surface area contributed by atoms with Crippen molar-refractivity contribution in [3.63, 3.8) is 0 Å². The predicted octanol–water partition coefficient (Wildman–Crippen LogP) is 0.589. The molecule has 1 amide bonds. The first-order valence-corrected chi connectivity index (χ1v) is 5.01. The summed E-state index contributed by atoms with van der Waals surface area (Å²) in [7, 11) is 0. The van der Waals surface area contributed by atoms with Gasteiger partial charge in [0.2, 0.25) is 17.0 Å². The highest BCUT2D eigenvalue weighted by Gasteiger charge is 2.62. The Hall–Kier alpha value is -1.73. The van der Waals surface area contributed by atoms with E-state index in [-0.39, 0.29) is 11.8 Å². The lowest BCUT2D eigenvalue weighted by atomic mass is 9.87. The monoisotopic (exact) mass is 247 g/mol. The molecule has 0 spiro atoms. The van der Waals surface area contributed by atoms with E-state index in [0.29, 0.717) is 6.42 Å². The Morgan fingerprint density at radius 3 is 1.82 bits per heavy atom. The van der Waals surface area contributed by atoms with Crippen molar-refractivity contribution in [1.82, 2.24) is 0 Å². The quantitative estimate of drug-likeness (QED) is 0.411. The summed E-state index contributed by atoms with van der Waals surface area (Å²) in [5.41, 5.74) is 4.10. The van der Waals surface area contributed by atoms with Crippen molar-refractivity contribution in [2.24, 2.45) is 11.7 Å². The first kappa shape index (κ1) is 15.3. The van der Waals surface area contributed by atoms with Crippen molar-refractivity contribution < 1.29 is 14.6 Å². The van der Waals surface area contributed by atoms with E-state index in [9.17, 15) is 9.70 Å². The highest BCUT2D eigenvalue weighted by molar-refractivity contribution is 5.78. The number of nitrogens with zero attached hydrogens (tertiary/aromatic N) is 2. The number of hydrogen-bond acceptors (Lipinski definition) is 5. The van der Waals surface area contributed by atoms with Crippen molar-refractivity contribution in [2.75, 3.05) is 0 Å². The van der Waals surface area contributed by atoms with Crippen molar-refractivity contribution in [3.05, 3.63) is 20.2 Å². The summed E-state index contributed by atoms with van der Waals surface area (Å²) < 4.78 is 0.995. The molecule has 2 N–H and O–H groups in total. The zero-order valence-corrected chi connectivity index (χ0v) is 10.3. The molecule has 0 bridgehead atoms. The van der Waals surface area contributed by atoms with Gasteiger partial charge < -0.3 is 21.1 Å². The van der Waals surface area contributed by atoms with Gasteiger partial charge in [-0.2, -0.15) is 0 Å². The average Bonchev–Trinajstić information content (AvgIpc) is 2.25. The van der Waals surface area contributed by atoms with E-state index in [1.54, 1.807) is 13.8 Å². The summed E-state index contributed by atoms with van der Waals surface area (Å²) in [6, 6.07) is 0. The zero-order chi connectivity index (χ0) is 14.0. The number of primary amides is 1. The third-order valence-electron chi connectivity index (χ3n) is 2.97. The van der Waals surface area contributed by atoms with Crippen LogP contribution in [0, 0.1) is 26.1 Å². The third kappa shape index (κ3) is 3.36.